The Morgan fingerprint density at radius 2 is 2.15 bits per heavy atom. The fraction of sp³-hybridized carbons (Fsp3) is 0.316. The predicted molar refractivity (Wildman–Crippen MR) is 102 cm³/mol. The summed E-state index contributed by atoms with van der Waals surface area (Å²) in [7, 11) is 1.62. The fourth-order valence-corrected chi connectivity index (χ4v) is 3.99. The van der Waals surface area contributed by atoms with E-state index < -0.39 is 5.97 Å². The molecule has 4 rings (SSSR count). The number of carboxylic acid groups (broad SMARTS) is 1. The lowest BCUT2D eigenvalue weighted by atomic mass is 9.96. The summed E-state index contributed by atoms with van der Waals surface area (Å²) in [6.07, 6.45) is 2.39. The maximum atomic E-state index is 11.7. The number of carboxylic acids is 1. The fourth-order valence-electron chi connectivity index (χ4n) is 3.38. The normalized spacial score (nSPS) is 12.6. The van der Waals surface area contributed by atoms with Gasteiger partial charge in [-0.3, -0.25) is 4.98 Å². The first-order valence-electron chi connectivity index (χ1n) is 8.60. The van der Waals surface area contributed by atoms with E-state index in [9.17, 15) is 9.90 Å². The van der Waals surface area contributed by atoms with Crippen LogP contribution in [0.4, 0.5) is 0 Å². The number of thiazole rings is 1. The molecule has 27 heavy (non-hydrogen) atoms. The van der Waals surface area contributed by atoms with Crippen molar-refractivity contribution in [3.8, 4) is 33.3 Å². The average molecular weight is 385 g/mol. The van der Waals surface area contributed by atoms with E-state index in [-0.39, 0.29) is 11.9 Å². The predicted octanol–water partition coefficient (Wildman–Crippen LogP) is 3.72. The molecule has 0 amide bonds. The Balaban J connectivity index is 1.97. The summed E-state index contributed by atoms with van der Waals surface area (Å²) in [5.74, 6) is 0.310. The molecular weight excluding hydrogens is 366 g/mol. The molecule has 140 valence electrons. The maximum Gasteiger partial charge on any atom is 0.372 e. The molecule has 1 aliphatic heterocycles. The first-order chi connectivity index (χ1) is 13.0. The second-order valence-corrected chi connectivity index (χ2v) is 7.42. The van der Waals surface area contributed by atoms with Gasteiger partial charge in [-0.15, -0.1) is 11.3 Å². The van der Waals surface area contributed by atoms with Gasteiger partial charge in [0.1, 0.15) is 5.69 Å². The van der Waals surface area contributed by atoms with Crippen molar-refractivity contribution in [3.63, 3.8) is 0 Å². The highest BCUT2D eigenvalue weighted by Crippen LogP contribution is 2.43. The van der Waals surface area contributed by atoms with Gasteiger partial charge in [0.25, 0.3) is 0 Å². The number of aryl methyl sites for hydroxylation is 1. The van der Waals surface area contributed by atoms with Gasteiger partial charge >= 0.3 is 5.97 Å². The number of rotatable bonds is 5. The zero-order valence-corrected chi connectivity index (χ0v) is 16.0. The molecule has 7 nitrogen and oxygen atoms in total. The van der Waals surface area contributed by atoms with Crippen LogP contribution in [0.2, 0.25) is 0 Å². The van der Waals surface area contributed by atoms with E-state index in [1.54, 1.807) is 23.4 Å². The van der Waals surface area contributed by atoms with Gasteiger partial charge < -0.3 is 19.1 Å². The number of ether oxygens (including phenoxy) is 2. The molecule has 0 radical (unpaired) electrons. The Hall–Kier alpha value is -2.87. The molecule has 3 aromatic rings. The number of fused-ring (bicyclic) bond motifs is 3. The molecule has 2 aromatic heterocycles. The Bertz CT molecular complexity index is 1010. The van der Waals surface area contributed by atoms with E-state index in [1.165, 1.54) is 11.3 Å². The molecule has 0 fully saturated rings. The Labute approximate surface area is 160 Å². The van der Waals surface area contributed by atoms with Crippen LogP contribution in [-0.2, 0) is 13.0 Å². The van der Waals surface area contributed by atoms with Gasteiger partial charge in [-0.2, -0.15) is 0 Å². The van der Waals surface area contributed by atoms with E-state index in [0.717, 1.165) is 21.7 Å². The molecule has 0 bridgehead atoms. The molecule has 3 heterocycles. The van der Waals surface area contributed by atoms with Gasteiger partial charge in [0.15, 0.2) is 11.5 Å². The van der Waals surface area contributed by atoms with Crippen LogP contribution < -0.4 is 9.47 Å². The summed E-state index contributed by atoms with van der Waals surface area (Å²) in [6, 6.07) is 3.90. The standard InChI is InChI=1S/C19H19N3O4S/c1-10(2)26-14-7-12-11(6-13(14)25-3)4-5-22-17(12)16(15-8-20-9-27-15)21-18(22)19(23)24/h6-10H,4-5H2,1-3H3,(H,23,24). The number of imidazole rings is 1. The number of hydrogen-bond acceptors (Lipinski definition) is 6. The van der Waals surface area contributed by atoms with E-state index in [2.05, 4.69) is 9.97 Å². The highest BCUT2D eigenvalue weighted by Gasteiger charge is 2.30. The Morgan fingerprint density at radius 3 is 2.78 bits per heavy atom. The third-order valence-electron chi connectivity index (χ3n) is 4.44. The molecule has 0 saturated heterocycles. The van der Waals surface area contributed by atoms with Crippen molar-refractivity contribution in [3.05, 3.63) is 35.2 Å². The van der Waals surface area contributed by atoms with E-state index in [4.69, 9.17) is 9.47 Å². The highest BCUT2D eigenvalue weighted by atomic mass is 32.1. The molecule has 0 spiro atoms. The van der Waals surface area contributed by atoms with Crippen molar-refractivity contribution >= 4 is 17.3 Å². The average Bonchev–Trinajstić information content (AvgIpc) is 3.28. The van der Waals surface area contributed by atoms with E-state index >= 15 is 0 Å². The van der Waals surface area contributed by atoms with Crippen LogP contribution in [0.5, 0.6) is 11.5 Å². The molecular formula is C19H19N3O4S. The topological polar surface area (TPSA) is 86.5 Å². The smallest absolute Gasteiger partial charge is 0.372 e. The van der Waals surface area contributed by atoms with Crippen LogP contribution in [0.3, 0.4) is 0 Å². The first-order valence-corrected chi connectivity index (χ1v) is 9.48. The van der Waals surface area contributed by atoms with Gasteiger partial charge in [-0.25, -0.2) is 9.78 Å². The summed E-state index contributed by atoms with van der Waals surface area (Å²) in [5, 5.41) is 9.62. The van der Waals surface area contributed by atoms with Crippen molar-refractivity contribution in [2.75, 3.05) is 7.11 Å². The summed E-state index contributed by atoms with van der Waals surface area (Å²) < 4.78 is 13.2. The quantitative estimate of drug-likeness (QED) is 0.720. The van der Waals surface area contributed by atoms with Crippen LogP contribution in [0.15, 0.2) is 23.8 Å². The van der Waals surface area contributed by atoms with Crippen LogP contribution in [0.1, 0.15) is 30.0 Å². The van der Waals surface area contributed by atoms with E-state index in [1.807, 2.05) is 26.0 Å². The van der Waals surface area contributed by atoms with Crippen LogP contribution in [0.25, 0.3) is 21.8 Å². The monoisotopic (exact) mass is 385 g/mol. The number of benzene rings is 1. The van der Waals surface area contributed by atoms with Crippen LogP contribution in [-0.4, -0.2) is 38.8 Å². The molecule has 0 unspecified atom stereocenters. The lowest BCUT2D eigenvalue weighted by Crippen LogP contribution is -2.17. The Morgan fingerprint density at radius 1 is 1.33 bits per heavy atom. The second-order valence-electron chi connectivity index (χ2n) is 6.53. The minimum atomic E-state index is -1.04. The van der Waals surface area contributed by atoms with Gasteiger partial charge in [0, 0.05) is 18.3 Å². The number of methoxy groups -OCH3 is 1. The summed E-state index contributed by atoms with van der Waals surface area (Å²) in [6.45, 7) is 4.45. The Kier molecular flexibility index (Phi) is 4.35. The number of carbonyl (C=O) groups is 1. The number of aromatic nitrogens is 3. The molecule has 0 atom stereocenters. The van der Waals surface area contributed by atoms with Gasteiger partial charge in [0.2, 0.25) is 5.82 Å². The van der Waals surface area contributed by atoms with E-state index in [0.29, 0.717) is 30.2 Å². The third-order valence-corrected chi connectivity index (χ3v) is 5.22. The zero-order chi connectivity index (χ0) is 19.1. The van der Waals surface area contributed by atoms with Crippen molar-refractivity contribution in [1.29, 1.82) is 0 Å². The molecule has 1 N–H and O–H groups in total. The summed E-state index contributed by atoms with van der Waals surface area (Å²) in [4.78, 5) is 21.1. The number of hydrogen-bond donors (Lipinski definition) is 1. The lowest BCUT2D eigenvalue weighted by Gasteiger charge is -2.23. The second kappa shape index (κ2) is 6.70. The molecule has 8 heteroatoms. The highest BCUT2D eigenvalue weighted by molar-refractivity contribution is 7.13. The summed E-state index contributed by atoms with van der Waals surface area (Å²) >= 11 is 1.44. The lowest BCUT2D eigenvalue weighted by molar-refractivity contribution is 0.0678. The number of nitrogens with zero attached hydrogens (tertiary/aromatic N) is 3. The SMILES string of the molecule is COc1cc2c(cc1OC(C)C)-c1c(-c3cncs3)nc(C(=O)O)n1CC2. The maximum absolute atomic E-state index is 11.7. The molecule has 1 aromatic carbocycles. The van der Waals surface area contributed by atoms with Crippen LogP contribution >= 0.6 is 11.3 Å². The minimum absolute atomic E-state index is 0.0130. The van der Waals surface area contributed by atoms with Crippen molar-refractivity contribution in [2.24, 2.45) is 0 Å². The van der Waals surface area contributed by atoms with Gasteiger partial charge in [0.05, 0.1) is 29.3 Å². The minimum Gasteiger partial charge on any atom is -0.493 e. The molecule has 0 aliphatic carbocycles. The number of aromatic carboxylic acids is 1. The zero-order valence-electron chi connectivity index (χ0n) is 15.2. The van der Waals surface area contributed by atoms with Crippen molar-refractivity contribution < 1.29 is 19.4 Å². The first kappa shape index (κ1) is 17.5. The van der Waals surface area contributed by atoms with Crippen LogP contribution in [0, 0.1) is 0 Å². The van der Waals surface area contributed by atoms with Gasteiger partial charge in [-0.1, -0.05) is 0 Å². The molecule has 1 aliphatic rings. The third kappa shape index (κ3) is 2.95. The summed E-state index contributed by atoms with van der Waals surface area (Å²) in [5.41, 5.74) is 5.14. The molecule has 0 saturated carbocycles. The van der Waals surface area contributed by atoms with Gasteiger partial charge in [-0.05, 0) is 38.0 Å². The van der Waals surface area contributed by atoms with Crippen molar-refractivity contribution in [1.82, 2.24) is 14.5 Å². The largest absolute Gasteiger partial charge is 0.493 e. The van der Waals surface area contributed by atoms with Crippen molar-refractivity contribution in [2.45, 2.75) is 32.9 Å².